The molecule has 124 valence electrons. The first-order chi connectivity index (χ1) is 9.82. The fourth-order valence-electron chi connectivity index (χ4n) is 2.96. The van der Waals surface area contributed by atoms with Crippen LogP contribution in [0.2, 0.25) is 0 Å². The molecule has 0 aromatic rings. The number of nitrogens with one attached hydrogen (secondary N) is 1. The van der Waals surface area contributed by atoms with E-state index in [0.29, 0.717) is 6.54 Å². The fraction of sp³-hybridized carbons (Fsp3) is 1.00. The normalized spacial score (nSPS) is 26.0. The molecule has 0 bridgehead atoms. The molecule has 0 spiro atoms. The molecular weight excluding hydrogens is 314 g/mol. The number of nitrogens with zero attached hydrogens (tertiary/aromatic N) is 1. The van der Waals surface area contributed by atoms with E-state index in [2.05, 4.69) is 9.62 Å². The van der Waals surface area contributed by atoms with Crippen LogP contribution in [0.3, 0.4) is 0 Å². The first-order valence-corrected chi connectivity index (χ1v) is 10.8. The monoisotopic (exact) mass is 339 g/mol. The van der Waals surface area contributed by atoms with Crippen LogP contribution in [0.1, 0.15) is 25.7 Å². The Bertz CT molecular complexity index is 525. The zero-order chi connectivity index (χ0) is 15.5. The summed E-state index contributed by atoms with van der Waals surface area (Å²) in [6, 6.07) is -0.0393. The highest BCUT2D eigenvalue weighted by Crippen LogP contribution is 2.20. The van der Waals surface area contributed by atoms with Gasteiger partial charge in [-0.2, -0.15) is 0 Å². The van der Waals surface area contributed by atoms with Crippen molar-refractivity contribution in [1.82, 2.24) is 9.62 Å². The quantitative estimate of drug-likeness (QED) is 0.658. The van der Waals surface area contributed by atoms with Crippen molar-refractivity contribution in [3.8, 4) is 0 Å². The van der Waals surface area contributed by atoms with Gasteiger partial charge in [0.2, 0.25) is 10.0 Å². The lowest BCUT2D eigenvalue weighted by molar-refractivity contribution is 0.212. The van der Waals surface area contributed by atoms with Gasteiger partial charge in [-0.15, -0.1) is 0 Å². The number of hydrogen-bond donors (Lipinski definition) is 2. The summed E-state index contributed by atoms with van der Waals surface area (Å²) in [5.74, 6) is -0.0406. The maximum absolute atomic E-state index is 12.3. The Morgan fingerprint density at radius 2 is 1.67 bits per heavy atom. The molecule has 2 aliphatic heterocycles. The first-order valence-electron chi connectivity index (χ1n) is 7.46. The molecule has 0 unspecified atom stereocenters. The molecule has 2 heterocycles. The van der Waals surface area contributed by atoms with E-state index in [9.17, 15) is 16.8 Å². The molecule has 2 fully saturated rings. The third kappa shape index (κ3) is 4.88. The summed E-state index contributed by atoms with van der Waals surface area (Å²) in [5, 5.41) is -0.567. The number of nitrogens with two attached hydrogens (primary N) is 1. The van der Waals surface area contributed by atoms with Crippen LogP contribution >= 0.6 is 0 Å². The van der Waals surface area contributed by atoms with Gasteiger partial charge in [-0.1, -0.05) is 0 Å². The maximum Gasteiger partial charge on any atom is 0.214 e. The van der Waals surface area contributed by atoms with Gasteiger partial charge in [0.15, 0.2) is 0 Å². The van der Waals surface area contributed by atoms with Crippen molar-refractivity contribution in [2.75, 3.05) is 37.7 Å². The van der Waals surface area contributed by atoms with Crippen molar-refractivity contribution in [1.29, 1.82) is 0 Å². The molecule has 0 amide bonds. The number of sulfonamides is 1. The number of rotatable bonds is 5. The Morgan fingerprint density at radius 3 is 2.19 bits per heavy atom. The van der Waals surface area contributed by atoms with E-state index in [0.717, 1.165) is 32.5 Å². The van der Waals surface area contributed by atoms with Crippen LogP contribution in [0.5, 0.6) is 0 Å². The highest BCUT2D eigenvalue weighted by atomic mass is 32.2. The van der Waals surface area contributed by atoms with Crippen LogP contribution in [0.4, 0.5) is 0 Å². The van der Waals surface area contributed by atoms with Gasteiger partial charge in [0.25, 0.3) is 0 Å². The molecule has 0 atom stereocenters. The van der Waals surface area contributed by atoms with Gasteiger partial charge in [0.1, 0.15) is 9.84 Å². The van der Waals surface area contributed by atoms with Gasteiger partial charge in [-0.3, -0.25) is 0 Å². The summed E-state index contributed by atoms with van der Waals surface area (Å²) in [4.78, 5) is 2.23. The van der Waals surface area contributed by atoms with E-state index in [-0.39, 0.29) is 30.4 Å². The van der Waals surface area contributed by atoms with Gasteiger partial charge in [-0.25, -0.2) is 21.6 Å². The molecule has 0 aromatic heterocycles. The standard InChI is InChI=1S/C12H25N3O4S2/c13-5-8-15-6-1-11(2-7-15)14-21(18,19)12-3-9-20(16,17)10-4-12/h11-12,14H,1-10,13H2. The summed E-state index contributed by atoms with van der Waals surface area (Å²) in [6.45, 7) is 3.17. The molecule has 21 heavy (non-hydrogen) atoms. The van der Waals surface area contributed by atoms with Crippen LogP contribution in [0.25, 0.3) is 0 Å². The Morgan fingerprint density at radius 1 is 1.10 bits per heavy atom. The topological polar surface area (TPSA) is 110 Å². The van der Waals surface area contributed by atoms with Crippen LogP contribution in [0.15, 0.2) is 0 Å². The van der Waals surface area contributed by atoms with Crippen molar-refractivity contribution >= 4 is 19.9 Å². The highest BCUT2D eigenvalue weighted by molar-refractivity contribution is 7.92. The van der Waals surface area contributed by atoms with Gasteiger partial charge in [0, 0.05) is 19.1 Å². The Balaban J connectivity index is 1.85. The highest BCUT2D eigenvalue weighted by Gasteiger charge is 2.34. The fourth-order valence-corrected chi connectivity index (χ4v) is 6.50. The summed E-state index contributed by atoms with van der Waals surface area (Å²) in [6.07, 6.45) is 1.99. The zero-order valence-corrected chi connectivity index (χ0v) is 13.8. The maximum atomic E-state index is 12.3. The van der Waals surface area contributed by atoms with Crippen molar-refractivity contribution < 1.29 is 16.8 Å². The van der Waals surface area contributed by atoms with E-state index >= 15 is 0 Å². The SMILES string of the molecule is NCCN1CCC(NS(=O)(=O)C2CCS(=O)(=O)CC2)CC1. The van der Waals surface area contributed by atoms with Gasteiger partial charge in [0.05, 0.1) is 16.8 Å². The smallest absolute Gasteiger partial charge is 0.214 e. The number of sulfone groups is 1. The lowest BCUT2D eigenvalue weighted by atomic mass is 10.1. The molecule has 0 aliphatic carbocycles. The second-order valence-electron chi connectivity index (χ2n) is 5.92. The summed E-state index contributed by atoms with van der Waals surface area (Å²) in [7, 11) is -6.45. The summed E-state index contributed by atoms with van der Waals surface area (Å²) < 4.78 is 50.2. The molecular formula is C12H25N3O4S2. The number of likely N-dealkylation sites (tertiary alicyclic amines) is 1. The van der Waals surface area contributed by atoms with Crippen molar-refractivity contribution in [3.05, 3.63) is 0 Å². The molecule has 3 N–H and O–H groups in total. The molecule has 0 aromatic carbocycles. The van der Waals surface area contributed by atoms with Crippen LogP contribution in [0, 0.1) is 0 Å². The van der Waals surface area contributed by atoms with Crippen LogP contribution < -0.4 is 10.5 Å². The van der Waals surface area contributed by atoms with Crippen molar-refractivity contribution in [2.24, 2.45) is 5.73 Å². The minimum Gasteiger partial charge on any atom is -0.329 e. The third-order valence-corrected chi connectivity index (χ3v) is 8.03. The lowest BCUT2D eigenvalue weighted by Gasteiger charge is -2.33. The number of hydrogen-bond acceptors (Lipinski definition) is 6. The van der Waals surface area contributed by atoms with Gasteiger partial charge >= 0.3 is 0 Å². The first kappa shape index (κ1) is 17.1. The number of piperidine rings is 1. The molecule has 2 aliphatic rings. The predicted octanol–water partition coefficient (Wildman–Crippen LogP) is -1.09. The minimum atomic E-state index is -3.42. The van der Waals surface area contributed by atoms with Gasteiger partial charge < -0.3 is 10.6 Å². The van der Waals surface area contributed by atoms with Crippen LogP contribution in [-0.2, 0) is 19.9 Å². The largest absolute Gasteiger partial charge is 0.329 e. The van der Waals surface area contributed by atoms with E-state index in [1.807, 2.05) is 0 Å². The second-order valence-corrected chi connectivity index (χ2v) is 10.2. The second kappa shape index (κ2) is 6.91. The summed E-state index contributed by atoms with van der Waals surface area (Å²) >= 11 is 0. The Labute approximate surface area is 127 Å². The molecule has 2 rings (SSSR count). The van der Waals surface area contributed by atoms with E-state index in [1.54, 1.807) is 0 Å². The molecule has 2 saturated heterocycles. The Kier molecular flexibility index (Phi) is 5.64. The zero-order valence-electron chi connectivity index (χ0n) is 12.2. The summed E-state index contributed by atoms with van der Waals surface area (Å²) in [5.41, 5.74) is 5.51. The molecule has 9 heteroatoms. The average Bonchev–Trinajstić information content (AvgIpc) is 2.40. The molecule has 0 radical (unpaired) electrons. The molecule has 0 saturated carbocycles. The van der Waals surface area contributed by atoms with Crippen molar-refractivity contribution in [2.45, 2.75) is 37.0 Å². The van der Waals surface area contributed by atoms with Gasteiger partial charge in [-0.05, 0) is 38.8 Å². The Hall–Kier alpha value is -0.220. The van der Waals surface area contributed by atoms with E-state index in [4.69, 9.17) is 5.73 Å². The van der Waals surface area contributed by atoms with Crippen molar-refractivity contribution in [3.63, 3.8) is 0 Å². The van der Waals surface area contributed by atoms with E-state index in [1.165, 1.54) is 0 Å². The average molecular weight is 339 g/mol. The third-order valence-electron chi connectivity index (χ3n) is 4.30. The molecule has 7 nitrogen and oxygen atoms in total. The van der Waals surface area contributed by atoms with Crippen LogP contribution in [-0.4, -0.2) is 70.7 Å². The van der Waals surface area contributed by atoms with E-state index < -0.39 is 25.1 Å². The predicted molar refractivity (Wildman–Crippen MR) is 82.2 cm³/mol. The lowest BCUT2D eigenvalue weighted by Crippen LogP contribution is -2.49. The minimum absolute atomic E-state index is 0.0203.